The molecular formula is C18H12Cl2N2O4. The lowest BCUT2D eigenvalue weighted by Gasteiger charge is -2.07. The van der Waals surface area contributed by atoms with E-state index < -0.39 is 18.5 Å². The molecule has 0 unspecified atom stereocenters. The van der Waals surface area contributed by atoms with E-state index in [1.807, 2.05) is 12.1 Å². The van der Waals surface area contributed by atoms with Gasteiger partial charge in [0.05, 0.1) is 10.7 Å². The fourth-order valence-electron chi connectivity index (χ4n) is 2.07. The van der Waals surface area contributed by atoms with Crippen molar-refractivity contribution in [1.82, 2.24) is 4.98 Å². The van der Waals surface area contributed by atoms with Gasteiger partial charge in [-0.2, -0.15) is 0 Å². The number of halogens is 2. The van der Waals surface area contributed by atoms with E-state index in [1.54, 1.807) is 24.3 Å². The molecule has 0 aliphatic rings. The third-order valence-electron chi connectivity index (χ3n) is 3.22. The molecule has 1 N–H and O–H groups in total. The Hall–Kier alpha value is -2.83. The molecule has 0 saturated heterocycles. The maximum absolute atomic E-state index is 11.8. The number of fused-ring (bicyclic) bond motifs is 1. The number of esters is 1. The minimum atomic E-state index is -0.709. The smallest absolute Gasteiger partial charge is 0.331 e. The van der Waals surface area contributed by atoms with Crippen LogP contribution in [0.5, 0.6) is 0 Å². The standard InChI is InChI=1S/C18H12Cl2N2O4/c19-11-5-6-12(20)14(9-11)21-16(23)10-25-18(24)8-7-17-22-13-3-1-2-4-15(13)26-17/h1-9H,10H2,(H,21,23)/b8-7+. The van der Waals surface area contributed by atoms with Gasteiger partial charge < -0.3 is 14.5 Å². The summed E-state index contributed by atoms with van der Waals surface area (Å²) in [7, 11) is 0. The fraction of sp³-hybridized carbons (Fsp3) is 0.0556. The molecule has 1 amide bonds. The molecule has 26 heavy (non-hydrogen) atoms. The van der Waals surface area contributed by atoms with E-state index in [0.29, 0.717) is 26.8 Å². The maximum atomic E-state index is 11.8. The van der Waals surface area contributed by atoms with E-state index in [0.717, 1.165) is 6.08 Å². The largest absolute Gasteiger partial charge is 0.452 e. The Kier molecular flexibility index (Phi) is 5.55. The zero-order valence-electron chi connectivity index (χ0n) is 13.2. The maximum Gasteiger partial charge on any atom is 0.331 e. The predicted molar refractivity (Wildman–Crippen MR) is 99.1 cm³/mol. The van der Waals surface area contributed by atoms with E-state index in [1.165, 1.54) is 12.1 Å². The molecule has 1 aromatic heterocycles. The molecule has 0 atom stereocenters. The Balaban J connectivity index is 1.53. The molecule has 6 nitrogen and oxygen atoms in total. The van der Waals surface area contributed by atoms with Crippen molar-refractivity contribution in [2.24, 2.45) is 0 Å². The van der Waals surface area contributed by atoms with Crippen molar-refractivity contribution in [2.45, 2.75) is 0 Å². The lowest BCUT2D eigenvalue weighted by molar-refractivity contribution is -0.142. The summed E-state index contributed by atoms with van der Waals surface area (Å²) in [5.74, 6) is -0.990. The average Bonchev–Trinajstić information content (AvgIpc) is 3.04. The van der Waals surface area contributed by atoms with Crippen molar-refractivity contribution < 1.29 is 18.7 Å². The number of benzene rings is 2. The quantitative estimate of drug-likeness (QED) is 0.517. The highest BCUT2D eigenvalue weighted by Gasteiger charge is 2.09. The monoisotopic (exact) mass is 390 g/mol. The van der Waals surface area contributed by atoms with Gasteiger partial charge in [0, 0.05) is 17.2 Å². The van der Waals surface area contributed by atoms with Crippen LogP contribution in [0.3, 0.4) is 0 Å². The zero-order chi connectivity index (χ0) is 18.5. The number of aromatic nitrogens is 1. The van der Waals surface area contributed by atoms with Gasteiger partial charge in [-0.3, -0.25) is 4.79 Å². The molecule has 0 aliphatic carbocycles. The van der Waals surface area contributed by atoms with Crippen LogP contribution in [0.2, 0.25) is 10.0 Å². The van der Waals surface area contributed by atoms with E-state index in [4.69, 9.17) is 32.4 Å². The van der Waals surface area contributed by atoms with Crippen molar-refractivity contribution in [3.05, 3.63) is 64.5 Å². The predicted octanol–water partition coefficient (Wildman–Crippen LogP) is 4.33. The van der Waals surface area contributed by atoms with E-state index in [2.05, 4.69) is 10.3 Å². The highest BCUT2D eigenvalue weighted by Crippen LogP contribution is 2.25. The number of hydrogen-bond acceptors (Lipinski definition) is 5. The van der Waals surface area contributed by atoms with Crippen molar-refractivity contribution in [3.8, 4) is 0 Å². The van der Waals surface area contributed by atoms with Crippen LogP contribution < -0.4 is 5.32 Å². The van der Waals surface area contributed by atoms with E-state index in [9.17, 15) is 9.59 Å². The number of amides is 1. The molecular weight excluding hydrogens is 379 g/mol. The second-order valence-electron chi connectivity index (χ2n) is 5.13. The molecule has 0 bridgehead atoms. The first-order valence-corrected chi connectivity index (χ1v) is 8.22. The first-order valence-electron chi connectivity index (χ1n) is 7.46. The van der Waals surface area contributed by atoms with E-state index in [-0.39, 0.29) is 5.89 Å². The topological polar surface area (TPSA) is 81.4 Å². The van der Waals surface area contributed by atoms with Crippen LogP contribution in [0.15, 0.2) is 53.0 Å². The number of carbonyl (C=O) groups excluding carboxylic acids is 2. The number of oxazole rings is 1. The van der Waals surface area contributed by atoms with Crippen LogP contribution >= 0.6 is 23.2 Å². The number of rotatable bonds is 5. The van der Waals surface area contributed by atoms with Crippen LogP contribution in [-0.4, -0.2) is 23.5 Å². The van der Waals surface area contributed by atoms with Crippen molar-refractivity contribution >= 4 is 57.9 Å². The number of anilines is 1. The van der Waals surface area contributed by atoms with Gasteiger partial charge in [-0.25, -0.2) is 9.78 Å². The summed E-state index contributed by atoms with van der Waals surface area (Å²) >= 11 is 11.8. The molecule has 3 aromatic rings. The summed E-state index contributed by atoms with van der Waals surface area (Å²) in [5.41, 5.74) is 1.62. The van der Waals surface area contributed by atoms with Gasteiger partial charge in [0.2, 0.25) is 5.89 Å². The van der Waals surface area contributed by atoms with E-state index >= 15 is 0 Å². The summed E-state index contributed by atoms with van der Waals surface area (Å²) in [6, 6.07) is 11.8. The molecule has 1 heterocycles. The second kappa shape index (κ2) is 8.03. The van der Waals surface area contributed by atoms with Crippen LogP contribution in [0.25, 0.3) is 17.2 Å². The van der Waals surface area contributed by atoms with Gasteiger partial charge in [-0.1, -0.05) is 35.3 Å². The number of nitrogens with zero attached hydrogens (tertiary/aromatic N) is 1. The number of carbonyl (C=O) groups is 2. The fourth-order valence-corrected chi connectivity index (χ4v) is 2.40. The van der Waals surface area contributed by atoms with Crippen molar-refractivity contribution in [3.63, 3.8) is 0 Å². The molecule has 132 valence electrons. The molecule has 8 heteroatoms. The average molecular weight is 391 g/mol. The third kappa shape index (κ3) is 4.62. The second-order valence-corrected chi connectivity index (χ2v) is 5.98. The Morgan fingerprint density at radius 3 is 2.81 bits per heavy atom. The lowest BCUT2D eigenvalue weighted by atomic mass is 10.3. The van der Waals surface area contributed by atoms with Gasteiger partial charge in [0.1, 0.15) is 5.52 Å². The molecule has 0 aliphatic heterocycles. The molecule has 2 aromatic carbocycles. The SMILES string of the molecule is O=C(COC(=O)/C=C/c1nc2ccccc2o1)Nc1cc(Cl)ccc1Cl. The first kappa shape index (κ1) is 18.0. The van der Waals surface area contributed by atoms with Gasteiger partial charge >= 0.3 is 5.97 Å². The van der Waals surface area contributed by atoms with Crippen LogP contribution in [0.4, 0.5) is 5.69 Å². The van der Waals surface area contributed by atoms with Crippen LogP contribution in [0, 0.1) is 0 Å². The number of para-hydroxylation sites is 2. The molecule has 0 spiro atoms. The van der Waals surface area contributed by atoms with Crippen LogP contribution in [-0.2, 0) is 14.3 Å². The third-order valence-corrected chi connectivity index (χ3v) is 3.79. The van der Waals surface area contributed by atoms with Gasteiger partial charge in [-0.15, -0.1) is 0 Å². The highest BCUT2D eigenvalue weighted by atomic mass is 35.5. The molecule has 0 fully saturated rings. The first-order chi connectivity index (χ1) is 12.5. The van der Waals surface area contributed by atoms with Gasteiger partial charge in [-0.05, 0) is 30.3 Å². The Bertz CT molecular complexity index is 965. The zero-order valence-corrected chi connectivity index (χ0v) is 14.8. The van der Waals surface area contributed by atoms with Crippen molar-refractivity contribution in [2.75, 3.05) is 11.9 Å². The molecule has 0 radical (unpaired) electrons. The minimum absolute atomic E-state index is 0.262. The van der Waals surface area contributed by atoms with Gasteiger partial charge in [0.25, 0.3) is 5.91 Å². The molecule has 3 rings (SSSR count). The highest BCUT2D eigenvalue weighted by molar-refractivity contribution is 6.35. The normalized spacial score (nSPS) is 11.0. The number of ether oxygens (including phenoxy) is 1. The summed E-state index contributed by atoms with van der Waals surface area (Å²) in [5, 5.41) is 3.25. The Morgan fingerprint density at radius 2 is 2.00 bits per heavy atom. The molecule has 0 saturated carbocycles. The summed E-state index contributed by atoms with van der Waals surface area (Å²) in [6.45, 7) is -0.473. The Labute approximate surface area is 158 Å². The summed E-state index contributed by atoms with van der Waals surface area (Å²) < 4.78 is 10.3. The lowest BCUT2D eigenvalue weighted by Crippen LogP contribution is -2.20. The van der Waals surface area contributed by atoms with Crippen LogP contribution in [0.1, 0.15) is 5.89 Å². The summed E-state index contributed by atoms with van der Waals surface area (Å²) in [4.78, 5) is 27.7. The summed E-state index contributed by atoms with van der Waals surface area (Å²) in [6.07, 6.45) is 2.50. The Morgan fingerprint density at radius 1 is 1.19 bits per heavy atom. The van der Waals surface area contributed by atoms with Gasteiger partial charge in [0.15, 0.2) is 12.2 Å². The van der Waals surface area contributed by atoms with Crippen molar-refractivity contribution in [1.29, 1.82) is 0 Å². The minimum Gasteiger partial charge on any atom is -0.452 e. The number of hydrogen-bond donors (Lipinski definition) is 1. The number of nitrogens with one attached hydrogen (secondary N) is 1.